The highest BCUT2D eigenvalue weighted by Gasteiger charge is 2.16. The van der Waals surface area contributed by atoms with Crippen LogP contribution in [0.4, 0.5) is 10.5 Å². The summed E-state index contributed by atoms with van der Waals surface area (Å²) in [7, 11) is 1.48. The van der Waals surface area contributed by atoms with Crippen molar-refractivity contribution in [3.8, 4) is 0 Å². The van der Waals surface area contributed by atoms with E-state index in [0.29, 0.717) is 10.7 Å². The van der Waals surface area contributed by atoms with Gasteiger partial charge >= 0.3 is 12.0 Å². The first-order valence-electron chi connectivity index (χ1n) is 5.97. The summed E-state index contributed by atoms with van der Waals surface area (Å²) in [6.07, 6.45) is 0. The Balaban J connectivity index is 2.73. The molecule has 0 saturated heterocycles. The largest absolute Gasteiger partial charge is 0.480 e. The van der Waals surface area contributed by atoms with Crippen LogP contribution >= 0.6 is 11.6 Å². The van der Waals surface area contributed by atoms with Gasteiger partial charge in [-0.2, -0.15) is 0 Å². The highest BCUT2D eigenvalue weighted by molar-refractivity contribution is 6.31. The molecule has 0 aliphatic heterocycles. The summed E-state index contributed by atoms with van der Waals surface area (Å²) in [5, 5.41) is 11.9. The van der Waals surface area contributed by atoms with Crippen molar-refractivity contribution in [2.45, 2.75) is 6.92 Å². The van der Waals surface area contributed by atoms with Crippen LogP contribution in [0, 0.1) is 6.92 Å². The van der Waals surface area contributed by atoms with Gasteiger partial charge in [-0.3, -0.25) is 4.79 Å². The smallest absolute Gasteiger partial charge is 0.323 e. The molecule has 0 aliphatic rings. The fraction of sp³-hybridized carbons (Fsp3) is 0.385. The maximum Gasteiger partial charge on any atom is 0.323 e. The molecule has 0 fully saturated rings. The predicted octanol–water partition coefficient (Wildman–Crippen LogP) is 2.21. The van der Waals surface area contributed by atoms with Crippen molar-refractivity contribution in [3.05, 3.63) is 28.8 Å². The predicted molar refractivity (Wildman–Crippen MR) is 76.3 cm³/mol. The zero-order valence-electron chi connectivity index (χ0n) is 11.4. The molecule has 0 saturated carbocycles. The molecule has 7 heteroatoms. The van der Waals surface area contributed by atoms with E-state index in [4.69, 9.17) is 21.4 Å². The lowest BCUT2D eigenvalue weighted by atomic mass is 10.2. The molecular weight excluding hydrogens is 284 g/mol. The molecule has 0 aliphatic carbocycles. The first kappa shape index (κ1) is 16.3. The van der Waals surface area contributed by atoms with E-state index in [1.54, 1.807) is 18.2 Å². The fourth-order valence-electron chi connectivity index (χ4n) is 1.49. The molecule has 1 aromatic carbocycles. The lowest BCUT2D eigenvalue weighted by Crippen LogP contribution is -2.40. The average Bonchev–Trinajstić information content (AvgIpc) is 2.38. The molecule has 0 atom stereocenters. The van der Waals surface area contributed by atoms with Crippen LogP contribution in [0.2, 0.25) is 5.02 Å². The van der Waals surface area contributed by atoms with Gasteiger partial charge in [-0.05, 0) is 24.6 Å². The lowest BCUT2D eigenvalue weighted by molar-refractivity contribution is -0.137. The second-order valence-corrected chi connectivity index (χ2v) is 4.61. The number of benzene rings is 1. The Morgan fingerprint density at radius 3 is 2.70 bits per heavy atom. The van der Waals surface area contributed by atoms with Crippen molar-refractivity contribution >= 4 is 29.3 Å². The van der Waals surface area contributed by atoms with Crippen molar-refractivity contribution in [1.29, 1.82) is 0 Å². The first-order chi connectivity index (χ1) is 9.43. The van der Waals surface area contributed by atoms with E-state index in [1.807, 2.05) is 6.92 Å². The molecule has 0 aromatic heterocycles. The lowest BCUT2D eigenvalue weighted by Gasteiger charge is -2.21. The van der Waals surface area contributed by atoms with Gasteiger partial charge in [0.25, 0.3) is 0 Å². The normalized spacial score (nSPS) is 10.2. The molecule has 0 unspecified atom stereocenters. The first-order valence-corrected chi connectivity index (χ1v) is 6.34. The Labute approximate surface area is 122 Å². The van der Waals surface area contributed by atoms with Crippen LogP contribution in [0.5, 0.6) is 0 Å². The number of aryl methyl sites for hydroxylation is 1. The van der Waals surface area contributed by atoms with Crippen LogP contribution in [-0.2, 0) is 9.53 Å². The van der Waals surface area contributed by atoms with Gasteiger partial charge in [0.1, 0.15) is 6.54 Å². The van der Waals surface area contributed by atoms with Gasteiger partial charge < -0.3 is 20.1 Å². The molecule has 2 N–H and O–H groups in total. The Bertz CT molecular complexity index is 493. The Hall–Kier alpha value is -1.79. The summed E-state index contributed by atoms with van der Waals surface area (Å²) in [5.41, 5.74) is 1.41. The molecule has 0 radical (unpaired) electrons. The molecule has 0 heterocycles. The molecule has 6 nitrogen and oxygen atoms in total. The van der Waals surface area contributed by atoms with Gasteiger partial charge in [0.15, 0.2) is 0 Å². The number of rotatable bonds is 6. The summed E-state index contributed by atoms with van der Waals surface area (Å²) < 4.78 is 4.85. The van der Waals surface area contributed by atoms with Crippen LogP contribution in [0.25, 0.3) is 0 Å². The van der Waals surface area contributed by atoms with Gasteiger partial charge in [-0.15, -0.1) is 0 Å². The van der Waals surface area contributed by atoms with E-state index < -0.39 is 18.5 Å². The molecule has 20 heavy (non-hydrogen) atoms. The SMILES string of the molecule is COCCN(CC(=O)O)C(=O)Nc1ccc(C)c(Cl)c1. The zero-order valence-corrected chi connectivity index (χ0v) is 12.1. The standard InChI is InChI=1S/C13H17ClN2O4/c1-9-3-4-10(7-11(9)14)15-13(19)16(5-6-20-2)8-12(17)18/h3-4,7H,5-6,8H2,1-2H3,(H,15,19)(H,17,18). The Morgan fingerprint density at radius 1 is 1.45 bits per heavy atom. The molecule has 0 spiro atoms. The number of hydrogen-bond donors (Lipinski definition) is 2. The summed E-state index contributed by atoms with van der Waals surface area (Å²) in [4.78, 5) is 23.9. The number of carbonyl (C=O) groups is 2. The van der Waals surface area contributed by atoms with Gasteiger partial charge in [0.2, 0.25) is 0 Å². The second-order valence-electron chi connectivity index (χ2n) is 4.20. The van der Waals surface area contributed by atoms with E-state index in [0.717, 1.165) is 10.5 Å². The third-order valence-electron chi connectivity index (χ3n) is 2.60. The van der Waals surface area contributed by atoms with Gasteiger partial charge in [-0.1, -0.05) is 17.7 Å². The number of anilines is 1. The van der Waals surface area contributed by atoms with Gasteiger partial charge in [0, 0.05) is 24.4 Å². The van der Waals surface area contributed by atoms with Crippen molar-refractivity contribution < 1.29 is 19.4 Å². The third kappa shape index (κ3) is 5.07. The number of urea groups is 1. The number of carbonyl (C=O) groups excluding carboxylic acids is 1. The zero-order chi connectivity index (χ0) is 15.1. The number of carboxylic acid groups (broad SMARTS) is 1. The quantitative estimate of drug-likeness (QED) is 0.844. The van der Waals surface area contributed by atoms with E-state index in [9.17, 15) is 9.59 Å². The van der Waals surface area contributed by atoms with Crippen molar-refractivity contribution in [3.63, 3.8) is 0 Å². The fourth-order valence-corrected chi connectivity index (χ4v) is 1.67. The number of nitrogens with zero attached hydrogens (tertiary/aromatic N) is 1. The number of amides is 2. The summed E-state index contributed by atoms with van der Waals surface area (Å²) in [6, 6.07) is 4.58. The maximum absolute atomic E-state index is 12.0. The second kappa shape index (κ2) is 7.72. The van der Waals surface area contributed by atoms with E-state index in [1.165, 1.54) is 7.11 Å². The molecule has 110 valence electrons. The van der Waals surface area contributed by atoms with Gasteiger partial charge in [0.05, 0.1) is 6.61 Å². The molecular formula is C13H17ClN2O4. The number of methoxy groups -OCH3 is 1. The number of nitrogens with one attached hydrogen (secondary N) is 1. The monoisotopic (exact) mass is 300 g/mol. The Kier molecular flexibility index (Phi) is 6.27. The molecule has 2 amide bonds. The minimum absolute atomic E-state index is 0.189. The van der Waals surface area contributed by atoms with Crippen molar-refractivity contribution in [1.82, 2.24) is 4.90 Å². The summed E-state index contributed by atoms with van der Waals surface area (Å²) in [5.74, 6) is -1.09. The van der Waals surface area contributed by atoms with Crippen molar-refractivity contribution in [2.24, 2.45) is 0 Å². The summed E-state index contributed by atoms with van der Waals surface area (Å²) >= 11 is 5.97. The number of hydrogen-bond acceptors (Lipinski definition) is 3. The highest BCUT2D eigenvalue weighted by atomic mass is 35.5. The molecule has 0 bridgehead atoms. The van der Waals surface area contributed by atoms with Gasteiger partial charge in [-0.25, -0.2) is 4.79 Å². The molecule has 1 rings (SSSR count). The number of halogens is 1. The van der Waals surface area contributed by atoms with Crippen molar-refractivity contribution in [2.75, 3.05) is 32.1 Å². The minimum Gasteiger partial charge on any atom is -0.480 e. The van der Waals surface area contributed by atoms with Crippen LogP contribution in [-0.4, -0.2) is 48.8 Å². The van der Waals surface area contributed by atoms with Crippen LogP contribution < -0.4 is 5.32 Å². The van der Waals surface area contributed by atoms with Crippen LogP contribution in [0.3, 0.4) is 0 Å². The number of carboxylic acids is 1. The average molecular weight is 301 g/mol. The van der Waals surface area contributed by atoms with Crippen LogP contribution in [0.15, 0.2) is 18.2 Å². The highest BCUT2D eigenvalue weighted by Crippen LogP contribution is 2.20. The van der Waals surface area contributed by atoms with Crippen LogP contribution in [0.1, 0.15) is 5.56 Å². The number of ether oxygens (including phenoxy) is 1. The third-order valence-corrected chi connectivity index (χ3v) is 3.01. The summed E-state index contributed by atoms with van der Waals surface area (Å²) in [6.45, 7) is 1.90. The maximum atomic E-state index is 12.0. The minimum atomic E-state index is -1.09. The van der Waals surface area contributed by atoms with E-state index in [2.05, 4.69) is 5.32 Å². The topological polar surface area (TPSA) is 78.9 Å². The Morgan fingerprint density at radius 2 is 2.15 bits per heavy atom. The molecule has 1 aromatic rings. The van der Waals surface area contributed by atoms with E-state index in [-0.39, 0.29) is 13.2 Å². The number of aliphatic carboxylic acids is 1. The van der Waals surface area contributed by atoms with E-state index >= 15 is 0 Å².